The average Bonchev–Trinajstić information content (AvgIpc) is 2.61. The van der Waals surface area contributed by atoms with Crippen LogP contribution >= 0.6 is 43.5 Å². The molecule has 0 amide bonds. The number of halogens is 3. The molecule has 0 unspecified atom stereocenters. The quantitative estimate of drug-likeness (QED) is 0.337. The van der Waals surface area contributed by atoms with Gasteiger partial charge < -0.3 is 4.74 Å². The summed E-state index contributed by atoms with van der Waals surface area (Å²) in [6, 6.07) is 19.6. The summed E-state index contributed by atoms with van der Waals surface area (Å²) in [4.78, 5) is 4.62. The van der Waals surface area contributed by atoms with Gasteiger partial charge in [-0.1, -0.05) is 63.9 Å². The summed E-state index contributed by atoms with van der Waals surface area (Å²) in [5.41, 5.74) is 3.87. The fraction of sp³-hybridized carbons (Fsp3) is 0.0952. The van der Waals surface area contributed by atoms with Gasteiger partial charge in [0, 0.05) is 26.8 Å². The Bertz CT molecular complexity index is 956. The molecule has 132 valence electrons. The monoisotopic (exact) mass is 491 g/mol. The number of benzene rings is 3. The van der Waals surface area contributed by atoms with Crippen molar-refractivity contribution in [1.29, 1.82) is 0 Å². The van der Waals surface area contributed by atoms with Crippen LogP contribution in [0.4, 0.5) is 5.69 Å². The van der Waals surface area contributed by atoms with Crippen LogP contribution in [0.1, 0.15) is 16.7 Å². The van der Waals surface area contributed by atoms with Crippen LogP contribution < -0.4 is 4.74 Å². The van der Waals surface area contributed by atoms with E-state index in [-0.39, 0.29) is 0 Å². The summed E-state index contributed by atoms with van der Waals surface area (Å²) >= 11 is 13.3. The Labute approximate surface area is 175 Å². The maximum Gasteiger partial charge on any atom is 0.142 e. The molecule has 0 fully saturated rings. The molecule has 0 spiro atoms. The van der Waals surface area contributed by atoms with Crippen molar-refractivity contribution in [3.8, 4) is 5.75 Å². The summed E-state index contributed by atoms with van der Waals surface area (Å²) in [5.74, 6) is 0.727. The standard InChI is InChI=1S/C21H16Br2ClNO/c1-14-6-2-5-9-20(14)25-12-16-10-17(22)11-18(23)21(16)26-13-15-7-3-4-8-19(15)24/h2-12H,13H2,1H3. The van der Waals surface area contributed by atoms with Gasteiger partial charge >= 0.3 is 0 Å². The molecule has 0 heterocycles. The van der Waals surface area contributed by atoms with Gasteiger partial charge in [0.05, 0.1) is 10.2 Å². The summed E-state index contributed by atoms with van der Waals surface area (Å²) in [5, 5.41) is 0.691. The molecular formula is C21H16Br2ClNO. The lowest BCUT2D eigenvalue weighted by molar-refractivity contribution is 0.304. The molecule has 0 bridgehead atoms. The third kappa shape index (κ3) is 4.76. The molecule has 5 heteroatoms. The Kier molecular flexibility index (Phi) is 6.52. The lowest BCUT2D eigenvalue weighted by Gasteiger charge is -2.13. The number of hydrogen-bond donors (Lipinski definition) is 0. The summed E-state index contributed by atoms with van der Waals surface area (Å²) in [6.07, 6.45) is 1.82. The first-order valence-electron chi connectivity index (χ1n) is 7.99. The smallest absolute Gasteiger partial charge is 0.142 e. The molecule has 3 aromatic carbocycles. The zero-order valence-corrected chi connectivity index (χ0v) is 18.0. The molecule has 0 saturated heterocycles. The van der Waals surface area contributed by atoms with E-state index in [0.29, 0.717) is 11.6 Å². The van der Waals surface area contributed by atoms with Crippen molar-refractivity contribution in [2.75, 3.05) is 0 Å². The topological polar surface area (TPSA) is 21.6 Å². The number of hydrogen-bond acceptors (Lipinski definition) is 2. The number of nitrogens with zero attached hydrogens (tertiary/aromatic N) is 1. The van der Waals surface area contributed by atoms with E-state index in [9.17, 15) is 0 Å². The highest BCUT2D eigenvalue weighted by Gasteiger charge is 2.10. The summed E-state index contributed by atoms with van der Waals surface area (Å²) < 4.78 is 7.86. The van der Waals surface area contributed by atoms with Gasteiger partial charge in [0.15, 0.2) is 0 Å². The van der Waals surface area contributed by atoms with Gasteiger partial charge in [-0.05, 0) is 52.7 Å². The normalized spacial score (nSPS) is 11.1. The molecule has 0 aliphatic rings. The molecule has 26 heavy (non-hydrogen) atoms. The Morgan fingerprint density at radius 1 is 1.04 bits per heavy atom. The zero-order valence-electron chi connectivity index (χ0n) is 14.0. The molecule has 3 aromatic rings. The highest BCUT2D eigenvalue weighted by atomic mass is 79.9. The number of para-hydroxylation sites is 1. The van der Waals surface area contributed by atoms with Gasteiger partial charge in [0.25, 0.3) is 0 Å². The van der Waals surface area contributed by atoms with Gasteiger partial charge in [0.2, 0.25) is 0 Å². The fourth-order valence-corrected chi connectivity index (χ4v) is 4.00. The number of aliphatic imine (C=N–C) groups is 1. The minimum Gasteiger partial charge on any atom is -0.487 e. The Morgan fingerprint density at radius 3 is 2.54 bits per heavy atom. The van der Waals surface area contributed by atoms with E-state index in [1.165, 1.54) is 0 Å². The van der Waals surface area contributed by atoms with Gasteiger partial charge in [-0.15, -0.1) is 0 Å². The van der Waals surface area contributed by atoms with E-state index >= 15 is 0 Å². The van der Waals surface area contributed by atoms with Gasteiger partial charge in [0.1, 0.15) is 12.4 Å². The molecule has 0 aromatic heterocycles. The van der Waals surface area contributed by atoms with Crippen molar-refractivity contribution >= 4 is 55.4 Å². The van der Waals surface area contributed by atoms with Crippen LogP contribution in [0.2, 0.25) is 5.02 Å². The van der Waals surface area contributed by atoms with E-state index in [0.717, 1.165) is 37.1 Å². The third-order valence-electron chi connectivity index (χ3n) is 3.83. The summed E-state index contributed by atoms with van der Waals surface area (Å²) in [7, 11) is 0. The van der Waals surface area contributed by atoms with Crippen LogP contribution in [0.25, 0.3) is 0 Å². The largest absolute Gasteiger partial charge is 0.487 e. The van der Waals surface area contributed by atoms with Crippen molar-refractivity contribution in [3.05, 3.63) is 91.3 Å². The predicted molar refractivity (Wildman–Crippen MR) is 116 cm³/mol. The predicted octanol–water partition coefficient (Wildman–Crippen LogP) is 7.50. The second-order valence-corrected chi connectivity index (χ2v) is 7.91. The molecule has 0 saturated carbocycles. The maximum absolute atomic E-state index is 6.23. The van der Waals surface area contributed by atoms with E-state index in [1.807, 2.05) is 73.8 Å². The minimum absolute atomic E-state index is 0.380. The van der Waals surface area contributed by atoms with Gasteiger partial charge in [-0.3, -0.25) is 4.99 Å². The van der Waals surface area contributed by atoms with Crippen molar-refractivity contribution in [2.45, 2.75) is 13.5 Å². The highest BCUT2D eigenvalue weighted by molar-refractivity contribution is 9.11. The Balaban J connectivity index is 1.90. The first-order chi connectivity index (χ1) is 12.5. The number of ether oxygens (including phenoxy) is 1. The highest BCUT2D eigenvalue weighted by Crippen LogP contribution is 2.33. The van der Waals surface area contributed by atoms with Crippen LogP contribution in [-0.4, -0.2) is 6.21 Å². The van der Waals surface area contributed by atoms with Crippen molar-refractivity contribution in [3.63, 3.8) is 0 Å². The van der Waals surface area contributed by atoms with E-state index in [4.69, 9.17) is 16.3 Å². The first-order valence-corrected chi connectivity index (χ1v) is 9.96. The van der Waals surface area contributed by atoms with E-state index < -0.39 is 0 Å². The van der Waals surface area contributed by atoms with Crippen LogP contribution in [0.15, 0.2) is 74.6 Å². The third-order valence-corrected chi connectivity index (χ3v) is 5.24. The molecule has 0 aliphatic heterocycles. The Hall–Kier alpha value is -1.62. The zero-order chi connectivity index (χ0) is 18.5. The fourth-order valence-electron chi connectivity index (χ4n) is 2.44. The van der Waals surface area contributed by atoms with Crippen LogP contribution in [0.3, 0.4) is 0 Å². The van der Waals surface area contributed by atoms with E-state index in [2.05, 4.69) is 36.9 Å². The maximum atomic E-state index is 6.23. The lowest BCUT2D eigenvalue weighted by atomic mass is 10.2. The van der Waals surface area contributed by atoms with Gasteiger partial charge in [-0.25, -0.2) is 0 Å². The van der Waals surface area contributed by atoms with Crippen molar-refractivity contribution < 1.29 is 4.74 Å². The second kappa shape index (κ2) is 8.85. The van der Waals surface area contributed by atoms with E-state index in [1.54, 1.807) is 0 Å². The molecule has 0 aliphatic carbocycles. The first kappa shape index (κ1) is 19.2. The molecule has 3 rings (SSSR count). The lowest BCUT2D eigenvalue weighted by Crippen LogP contribution is -2.00. The van der Waals surface area contributed by atoms with Crippen LogP contribution in [0, 0.1) is 6.92 Å². The average molecular weight is 494 g/mol. The molecule has 0 atom stereocenters. The second-order valence-electron chi connectivity index (χ2n) is 5.73. The van der Waals surface area contributed by atoms with Crippen LogP contribution in [0.5, 0.6) is 5.75 Å². The number of rotatable bonds is 5. The van der Waals surface area contributed by atoms with Gasteiger partial charge in [-0.2, -0.15) is 0 Å². The Morgan fingerprint density at radius 2 is 1.77 bits per heavy atom. The van der Waals surface area contributed by atoms with Crippen LogP contribution in [-0.2, 0) is 6.61 Å². The van der Waals surface area contributed by atoms with Crippen molar-refractivity contribution in [1.82, 2.24) is 0 Å². The van der Waals surface area contributed by atoms with Crippen molar-refractivity contribution in [2.24, 2.45) is 4.99 Å². The molecule has 2 nitrogen and oxygen atoms in total. The number of aryl methyl sites for hydroxylation is 1. The molecule has 0 N–H and O–H groups in total. The summed E-state index contributed by atoms with van der Waals surface area (Å²) in [6.45, 7) is 2.42. The molecular weight excluding hydrogens is 477 g/mol. The minimum atomic E-state index is 0.380. The SMILES string of the molecule is Cc1ccccc1N=Cc1cc(Br)cc(Br)c1OCc1ccccc1Cl. The molecule has 0 radical (unpaired) electrons.